The molecule has 1 saturated carbocycles. The van der Waals surface area contributed by atoms with Gasteiger partial charge in [0.2, 0.25) is 0 Å². The second kappa shape index (κ2) is 7.34. The van der Waals surface area contributed by atoms with E-state index in [9.17, 15) is 9.59 Å². The summed E-state index contributed by atoms with van der Waals surface area (Å²) in [5.41, 5.74) is -0.532. The third-order valence-corrected chi connectivity index (χ3v) is 4.48. The van der Waals surface area contributed by atoms with Gasteiger partial charge in [-0.15, -0.1) is 0 Å². The van der Waals surface area contributed by atoms with E-state index in [4.69, 9.17) is 9.47 Å². The number of hydrogen-bond donors (Lipinski definition) is 1. The zero-order valence-corrected chi connectivity index (χ0v) is 14.0. The number of rotatable bonds is 4. The van der Waals surface area contributed by atoms with Crippen molar-refractivity contribution in [1.29, 1.82) is 0 Å². The third-order valence-electron chi connectivity index (χ3n) is 4.48. The van der Waals surface area contributed by atoms with Crippen LogP contribution in [0.5, 0.6) is 0 Å². The minimum absolute atomic E-state index is 0.173. The van der Waals surface area contributed by atoms with Gasteiger partial charge in [0.05, 0.1) is 12.5 Å². The number of nitrogens with one attached hydrogen (secondary N) is 1. The van der Waals surface area contributed by atoms with Gasteiger partial charge in [0.15, 0.2) is 0 Å². The zero-order valence-electron chi connectivity index (χ0n) is 14.0. The van der Waals surface area contributed by atoms with E-state index >= 15 is 0 Å². The lowest BCUT2D eigenvalue weighted by Crippen LogP contribution is -2.45. The van der Waals surface area contributed by atoms with Crippen molar-refractivity contribution < 1.29 is 19.1 Å². The summed E-state index contributed by atoms with van der Waals surface area (Å²) in [5.74, 6) is 0.174. The van der Waals surface area contributed by atoms with Crippen molar-refractivity contribution >= 4 is 12.1 Å². The highest BCUT2D eigenvalue weighted by molar-refractivity contribution is 5.76. The highest BCUT2D eigenvalue weighted by Crippen LogP contribution is 2.31. The molecule has 0 bridgehead atoms. The molecule has 2 aliphatic rings. The highest BCUT2D eigenvalue weighted by Gasteiger charge is 2.37. The van der Waals surface area contributed by atoms with E-state index in [-0.39, 0.29) is 17.9 Å². The second-order valence-corrected chi connectivity index (χ2v) is 7.56. The zero-order chi connectivity index (χ0) is 16.2. The van der Waals surface area contributed by atoms with E-state index < -0.39 is 11.7 Å². The molecule has 1 N–H and O–H groups in total. The molecule has 1 unspecified atom stereocenters. The van der Waals surface area contributed by atoms with Crippen molar-refractivity contribution in [2.24, 2.45) is 11.8 Å². The van der Waals surface area contributed by atoms with E-state index in [1.807, 2.05) is 20.8 Å². The second-order valence-electron chi connectivity index (χ2n) is 7.56. The molecule has 22 heavy (non-hydrogen) atoms. The number of hydrogen-bond acceptors (Lipinski definition) is 4. The average Bonchev–Trinajstić information content (AvgIpc) is 2.83. The van der Waals surface area contributed by atoms with E-state index in [0.29, 0.717) is 18.9 Å². The maximum atomic E-state index is 12.1. The van der Waals surface area contributed by atoms with Gasteiger partial charge in [0.1, 0.15) is 5.60 Å². The van der Waals surface area contributed by atoms with E-state index in [1.165, 1.54) is 32.1 Å². The molecule has 126 valence electrons. The van der Waals surface area contributed by atoms with Gasteiger partial charge in [-0.05, 0) is 39.5 Å². The summed E-state index contributed by atoms with van der Waals surface area (Å²) in [6.07, 6.45) is 7.27. The van der Waals surface area contributed by atoms with Gasteiger partial charge in [0.25, 0.3) is 0 Å². The first-order chi connectivity index (χ1) is 10.3. The van der Waals surface area contributed by atoms with Gasteiger partial charge in [-0.25, -0.2) is 4.79 Å². The van der Waals surface area contributed by atoms with E-state index in [1.54, 1.807) is 0 Å². The number of amides is 1. The molecule has 2 fully saturated rings. The summed E-state index contributed by atoms with van der Waals surface area (Å²) in [6, 6.07) is -0.173. The molecule has 2 atom stereocenters. The van der Waals surface area contributed by atoms with Gasteiger partial charge in [-0.1, -0.05) is 32.1 Å². The Morgan fingerprint density at radius 3 is 2.50 bits per heavy atom. The van der Waals surface area contributed by atoms with Crippen molar-refractivity contribution in [3.8, 4) is 0 Å². The molecule has 0 aromatic carbocycles. The fourth-order valence-electron chi connectivity index (χ4n) is 3.44. The monoisotopic (exact) mass is 311 g/mol. The first-order valence-electron chi connectivity index (χ1n) is 8.51. The van der Waals surface area contributed by atoms with Gasteiger partial charge < -0.3 is 14.8 Å². The SMILES string of the molecule is CC(C)(C)OC(=O)N[C@@H](CC1CCCCC1)C1CCOC1=O. The number of cyclic esters (lactones) is 1. The standard InChI is InChI=1S/C17H29NO4/c1-17(2,3)22-16(20)18-14(13-9-10-21-15(13)19)11-12-7-5-4-6-8-12/h12-14H,4-11H2,1-3H3,(H,18,20)/t13?,14-/m0/s1. The van der Waals surface area contributed by atoms with Crippen LogP contribution in [0.1, 0.15) is 65.7 Å². The first kappa shape index (κ1) is 17.1. The molecule has 0 radical (unpaired) electrons. The molecule has 2 rings (SSSR count). The highest BCUT2D eigenvalue weighted by atomic mass is 16.6. The van der Waals surface area contributed by atoms with Crippen LogP contribution in [0.15, 0.2) is 0 Å². The molecular weight excluding hydrogens is 282 g/mol. The fraction of sp³-hybridized carbons (Fsp3) is 0.882. The Morgan fingerprint density at radius 1 is 1.27 bits per heavy atom. The largest absolute Gasteiger partial charge is 0.465 e. The van der Waals surface area contributed by atoms with Crippen molar-refractivity contribution in [1.82, 2.24) is 5.32 Å². The Balaban J connectivity index is 1.97. The number of esters is 1. The maximum Gasteiger partial charge on any atom is 0.407 e. The lowest BCUT2D eigenvalue weighted by molar-refractivity contribution is -0.142. The van der Waals surface area contributed by atoms with Crippen molar-refractivity contribution in [2.75, 3.05) is 6.61 Å². The van der Waals surface area contributed by atoms with Crippen LogP contribution in [0.3, 0.4) is 0 Å². The molecule has 5 nitrogen and oxygen atoms in total. The minimum atomic E-state index is -0.532. The summed E-state index contributed by atoms with van der Waals surface area (Å²) >= 11 is 0. The normalized spacial score (nSPS) is 24.7. The van der Waals surface area contributed by atoms with Crippen LogP contribution in [0.2, 0.25) is 0 Å². The van der Waals surface area contributed by atoms with E-state index in [0.717, 1.165) is 6.42 Å². The lowest BCUT2D eigenvalue weighted by Gasteiger charge is -2.30. The van der Waals surface area contributed by atoms with Gasteiger partial charge in [-0.3, -0.25) is 4.79 Å². The summed E-state index contributed by atoms with van der Waals surface area (Å²) in [4.78, 5) is 24.0. The predicted octanol–water partition coefficient (Wildman–Crippen LogP) is 3.41. The molecule has 0 spiro atoms. The van der Waals surface area contributed by atoms with Crippen LogP contribution in [-0.2, 0) is 14.3 Å². The molecule has 1 aliphatic heterocycles. The average molecular weight is 311 g/mol. The fourth-order valence-corrected chi connectivity index (χ4v) is 3.44. The summed E-state index contributed by atoms with van der Waals surface area (Å²) < 4.78 is 10.4. The molecule has 1 aliphatic carbocycles. The Labute approximate surface area is 133 Å². The third kappa shape index (κ3) is 5.18. The van der Waals surface area contributed by atoms with Crippen LogP contribution >= 0.6 is 0 Å². The Bertz CT molecular complexity index is 396. The molecule has 1 saturated heterocycles. The lowest BCUT2D eigenvalue weighted by atomic mass is 9.81. The summed E-state index contributed by atoms with van der Waals surface area (Å²) in [5, 5.41) is 2.93. The van der Waals surface area contributed by atoms with Gasteiger partial charge >= 0.3 is 12.1 Å². The van der Waals surface area contributed by atoms with E-state index in [2.05, 4.69) is 5.32 Å². The number of alkyl carbamates (subject to hydrolysis) is 1. The predicted molar refractivity (Wildman–Crippen MR) is 83.4 cm³/mol. The Morgan fingerprint density at radius 2 is 1.95 bits per heavy atom. The molecule has 1 amide bonds. The van der Waals surface area contributed by atoms with Gasteiger partial charge in [0, 0.05) is 6.04 Å². The van der Waals surface area contributed by atoms with Crippen LogP contribution < -0.4 is 5.32 Å². The Kier molecular flexibility index (Phi) is 5.70. The molecule has 5 heteroatoms. The van der Waals surface area contributed by atoms with Crippen molar-refractivity contribution in [2.45, 2.75) is 77.4 Å². The van der Waals surface area contributed by atoms with Crippen LogP contribution in [0.4, 0.5) is 4.79 Å². The molecule has 0 aromatic heterocycles. The van der Waals surface area contributed by atoms with Gasteiger partial charge in [-0.2, -0.15) is 0 Å². The molecular formula is C17H29NO4. The van der Waals surface area contributed by atoms with Crippen molar-refractivity contribution in [3.05, 3.63) is 0 Å². The minimum Gasteiger partial charge on any atom is -0.465 e. The maximum absolute atomic E-state index is 12.1. The smallest absolute Gasteiger partial charge is 0.407 e. The number of ether oxygens (including phenoxy) is 2. The Hall–Kier alpha value is -1.26. The topological polar surface area (TPSA) is 64.6 Å². The number of carbonyl (C=O) groups is 2. The molecule has 0 aromatic rings. The van der Waals surface area contributed by atoms with Crippen LogP contribution in [-0.4, -0.2) is 30.3 Å². The summed E-state index contributed by atoms with van der Waals surface area (Å²) in [6.45, 7) is 5.98. The van der Waals surface area contributed by atoms with Crippen LogP contribution in [0.25, 0.3) is 0 Å². The van der Waals surface area contributed by atoms with Crippen LogP contribution in [0, 0.1) is 11.8 Å². The number of carbonyl (C=O) groups excluding carboxylic acids is 2. The quantitative estimate of drug-likeness (QED) is 0.808. The molecule has 1 heterocycles. The van der Waals surface area contributed by atoms with Crippen molar-refractivity contribution in [3.63, 3.8) is 0 Å². The summed E-state index contributed by atoms with van der Waals surface area (Å²) in [7, 11) is 0. The first-order valence-corrected chi connectivity index (χ1v) is 8.51.